The summed E-state index contributed by atoms with van der Waals surface area (Å²) < 4.78 is 10.4. The Labute approximate surface area is 165 Å². The van der Waals surface area contributed by atoms with Crippen LogP contribution in [0.1, 0.15) is 16.5 Å². The van der Waals surface area contributed by atoms with Crippen molar-refractivity contribution in [3.05, 3.63) is 86.6 Å². The first-order chi connectivity index (χ1) is 13.6. The summed E-state index contributed by atoms with van der Waals surface area (Å²) in [5, 5.41) is 16.1. The molecule has 0 unspecified atom stereocenters. The Kier molecular flexibility index (Phi) is 6.23. The molecule has 1 atom stereocenters. The maximum Gasteiger partial charge on any atom is 0.314 e. The van der Waals surface area contributed by atoms with Crippen LogP contribution < -0.4 is 14.8 Å². The molecule has 3 rings (SSSR count). The highest BCUT2D eigenvalue weighted by molar-refractivity contribution is 7.10. The van der Waals surface area contributed by atoms with Gasteiger partial charge in [-0.1, -0.05) is 36.4 Å². The third-order valence-electron chi connectivity index (χ3n) is 3.99. The molecule has 28 heavy (non-hydrogen) atoms. The zero-order chi connectivity index (χ0) is 19.9. The van der Waals surface area contributed by atoms with Gasteiger partial charge in [0.2, 0.25) is 0 Å². The van der Waals surface area contributed by atoms with Gasteiger partial charge >= 0.3 is 5.69 Å². The molecule has 0 bridgehead atoms. The zero-order valence-corrected chi connectivity index (χ0v) is 15.8. The van der Waals surface area contributed by atoms with Crippen molar-refractivity contribution in [1.82, 2.24) is 5.32 Å². The van der Waals surface area contributed by atoms with Crippen LogP contribution in [0.3, 0.4) is 0 Å². The first-order valence-electron chi connectivity index (χ1n) is 8.41. The van der Waals surface area contributed by atoms with Gasteiger partial charge in [0.05, 0.1) is 24.1 Å². The van der Waals surface area contributed by atoms with Crippen molar-refractivity contribution in [2.75, 3.05) is 13.7 Å². The zero-order valence-electron chi connectivity index (χ0n) is 15.0. The highest BCUT2D eigenvalue weighted by Crippen LogP contribution is 2.31. The lowest BCUT2D eigenvalue weighted by atomic mass is 10.1. The van der Waals surface area contributed by atoms with Gasteiger partial charge in [0.1, 0.15) is 5.75 Å². The average Bonchev–Trinajstić information content (AvgIpc) is 3.25. The predicted molar refractivity (Wildman–Crippen MR) is 106 cm³/mol. The van der Waals surface area contributed by atoms with E-state index in [0.717, 1.165) is 10.4 Å². The fourth-order valence-corrected chi connectivity index (χ4v) is 3.46. The maximum absolute atomic E-state index is 12.5. The van der Waals surface area contributed by atoms with Crippen molar-refractivity contribution in [2.45, 2.75) is 6.04 Å². The molecule has 7 nitrogen and oxygen atoms in total. The van der Waals surface area contributed by atoms with Crippen LogP contribution in [0.4, 0.5) is 5.69 Å². The van der Waals surface area contributed by atoms with Gasteiger partial charge in [-0.2, -0.15) is 0 Å². The standard InChI is InChI=1S/C20H18N2O5S/c1-26-15-9-10-17(16(12-15)22(24)25)27-13-19(23)21-20(18-8-5-11-28-18)14-6-3-2-4-7-14/h2-12,20H,13H2,1H3,(H,21,23)/t20-/m1/s1. The number of rotatable bonds is 8. The first-order valence-corrected chi connectivity index (χ1v) is 9.29. The predicted octanol–water partition coefficient (Wildman–Crippen LogP) is 3.95. The average molecular weight is 398 g/mol. The SMILES string of the molecule is COc1ccc(OCC(=O)N[C@H](c2ccccc2)c2cccs2)c([N+](=O)[O-])c1. The van der Waals surface area contributed by atoms with E-state index in [9.17, 15) is 14.9 Å². The largest absolute Gasteiger partial charge is 0.496 e. The van der Waals surface area contributed by atoms with Gasteiger partial charge in [-0.3, -0.25) is 14.9 Å². The second kappa shape index (κ2) is 9.01. The van der Waals surface area contributed by atoms with E-state index >= 15 is 0 Å². The summed E-state index contributed by atoms with van der Waals surface area (Å²) in [7, 11) is 1.42. The molecule has 1 amide bonds. The number of carbonyl (C=O) groups is 1. The lowest BCUT2D eigenvalue weighted by molar-refractivity contribution is -0.385. The van der Waals surface area contributed by atoms with E-state index in [-0.39, 0.29) is 30.0 Å². The number of thiophene rings is 1. The van der Waals surface area contributed by atoms with E-state index in [2.05, 4.69) is 5.32 Å². The number of nitrogens with zero attached hydrogens (tertiary/aromatic N) is 1. The van der Waals surface area contributed by atoms with Gasteiger partial charge in [-0.05, 0) is 29.1 Å². The van der Waals surface area contributed by atoms with Crippen LogP contribution in [0.5, 0.6) is 11.5 Å². The van der Waals surface area contributed by atoms with E-state index in [1.54, 1.807) is 6.07 Å². The van der Waals surface area contributed by atoms with E-state index in [4.69, 9.17) is 9.47 Å². The highest BCUT2D eigenvalue weighted by atomic mass is 32.1. The van der Waals surface area contributed by atoms with E-state index in [1.807, 2.05) is 47.8 Å². The van der Waals surface area contributed by atoms with Crippen LogP contribution in [0.2, 0.25) is 0 Å². The normalized spacial score (nSPS) is 11.5. The Hall–Kier alpha value is -3.39. The van der Waals surface area contributed by atoms with Gasteiger partial charge in [-0.25, -0.2) is 0 Å². The number of benzene rings is 2. The van der Waals surface area contributed by atoms with Crippen molar-refractivity contribution in [2.24, 2.45) is 0 Å². The summed E-state index contributed by atoms with van der Waals surface area (Å²) in [6.45, 7) is -0.345. The molecule has 0 aliphatic rings. The van der Waals surface area contributed by atoms with Crippen molar-refractivity contribution in [3.8, 4) is 11.5 Å². The van der Waals surface area contributed by atoms with E-state index in [1.165, 1.54) is 30.6 Å². The van der Waals surface area contributed by atoms with Crippen LogP contribution in [0, 0.1) is 10.1 Å². The van der Waals surface area contributed by atoms with Crippen molar-refractivity contribution in [1.29, 1.82) is 0 Å². The number of nitrogens with one attached hydrogen (secondary N) is 1. The minimum absolute atomic E-state index is 0.00772. The van der Waals surface area contributed by atoms with Gasteiger partial charge in [0.15, 0.2) is 12.4 Å². The minimum Gasteiger partial charge on any atom is -0.496 e. The first kappa shape index (κ1) is 19.4. The van der Waals surface area contributed by atoms with Crippen LogP contribution in [0.15, 0.2) is 66.0 Å². The number of ether oxygens (including phenoxy) is 2. The summed E-state index contributed by atoms with van der Waals surface area (Å²) in [6.07, 6.45) is 0. The molecule has 0 saturated heterocycles. The minimum atomic E-state index is -0.575. The molecule has 0 aliphatic heterocycles. The molecular weight excluding hydrogens is 380 g/mol. The number of hydrogen-bond acceptors (Lipinski definition) is 6. The molecule has 0 spiro atoms. The third-order valence-corrected chi connectivity index (χ3v) is 4.92. The monoisotopic (exact) mass is 398 g/mol. The van der Waals surface area contributed by atoms with Crippen molar-refractivity contribution >= 4 is 22.9 Å². The summed E-state index contributed by atoms with van der Waals surface area (Å²) in [5.41, 5.74) is 0.679. The van der Waals surface area contributed by atoms with E-state index < -0.39 is 4.92 Å². The molecule has 1 heterocycles. The molecule has 8 heteroatoms. The summed E-state index contributed by atoms with van der Waals surface area (Å²) in [5.74, 6) is -0.0361. The topological polar surface area (TPSA) is 90.7 Å². The molecule has 2 aromatic carbocycles. The Balaban J connectivity index is 1.72. The molecule has 1 N–H and O–H groups in total. The number of methoxy groups -OCH3 is 1. The van der Waals surface area contributed by atoms with Gasteiger partial charge in [-0.15, -0.1) is 11.3 Å². The molecule has 0 fully saturated rings. The number of nitro groups is 1. The summed E-state index contributed by atoms with van der Waals surface area (Å²) >= 11 is 1.53. The fraction of sp³-hybridized carbons (Fsp3) is 0.150. The maximum atomic E-state index is 12.5. The van der Waals surface area contributed by atoms with Crippen molar-refractivity contribution < 1.29 is 19.2 Å². The Bertz CT molecular complexity index is 944. The Morgan fingerprint density at radius 3 is 2.61 bits per heavy atom. The summed E-state index contributed by atoms with van der Waals surface area (Å²) in [4.78, 5) is 24.1. The smallest absolute Gasteiger partial charge is 0.314 e. The molecule has 144 valence electrons. The van der Waals surface area contributed by atoms with Gasteiger partial charge in [0, 0.05) is 4.88 Å². The Morgan fingerprint density at radius 1 is 1.18 bits per heavy atom. The second-order valence-electron chi connectivity index (χ2n) is 5.81. The number of hydrogen-bond donors (Lipinski definition) is 1. The Morgan fingerprint density at radius 2 is 1.96 bits per heavy atom. The van der Waals surface area contributed by atoms with Gasteiger partial charge < -0.3 is 14.8 Å². The number of amides is 1. The number of nitro benzene ring substituents is 1. The summed E-state index contributed by atoms with van der Waals surface area (Å²) in [6, 6.07) is 17.3. The molecule has 0 aliphatic carbocycles. The second-order valence-corrected chi connectivity index (χ2v) is 6.79. The molecular formula is C20H18N2O5S. The van der Waals surface area contributed by atoms with Crippen LogP contribution in [0.25, 0.3) is 0 Å². The van der Waals surface area contributed by atoms with E-state index in [0.29, 0.717) is 5.75 Å². The lowest BCUT2D eigenvalue weighted by Gasteiger charge is -2.18. The quantitative estimate of drug-likeness (QED) is 0.458. The molecule has 3 aromatic rings. The van der Waals surface area contributed by atoms with Crippen LogP contribution >= 0.6 is 11.3 Å². The van der Waals surface area contributed by atoms with Gasteiger partial charge in [0.25, 0.3) is 5.91 Å². The lowest BCUT2D eigenvalue weighted by Crippen LogP contribution is -2.33. The number of carbonyl (C=O) groups excluding carboxylic acids is 1. The van der Waals surface area contributed by atoms with Crippen molar-refractivity contribution in [3.63, 3.8) is 0 Å². The third kappa shape index (κ3) is 4.66. The molecule has 1 aromatic heterocycles. The molecule has 0 radical (unpaired) electrons. The van der Waals surface area contributed by atoms with Crippen LogP contribution in [-0.4, -0.2) is 24.5 Å². The highest BCUT2D eigenvalue weighted by Gasteiger charge is 2.20. The molecule has 0 saturated carbocycles. The van der Waals surface area contributed by atoms with Crippen LogP contribution in [-0.2, 0) is 4.79 Å². The fourth-order valence-electron chi connectivity index (χ4n) is 2.65.